The molecular formula is C24H21FN4O. The van der Waals surface area contributed by atoms with Crippen LogP contribution >= 0.6 is 0 Å². The first-order chi connectivity index (χ1) is 14.6. The predicted molar refractivity (Wildman–Crippen MR) is 115 cm³/mol. The maximum Gasteiger partial charge on any atom is 0.255 e. The fraction of sp³-hybridized carbons (Fsp3) is 0.125. The minimum atomic E-state index is -0.298. The summed E-state index contributed by atoms with van der Waals surface area (Å²) in [6.45, 7) is 4.05. The molecule has 0 bridgehead atoms. The number of benzene rings is 3. The van der Waals surface area contributed by atoms with Crippen molar-refractivity contribution < 1.29 is 9.18 Å². The molecule has 3 aromatic carbocycles. The van der Waals surface area contributed by atoms with Crippen LogP contribution in [-0.4, -0.2) is 20.9 Å². The van der Waals surface area contributed by atoms with E-state index >= 15 is 0 Å². The number of carbonyl (C=O) groups excluding carboxylic acids is 1. The number of nitrogens with zero attached hydrogens (tertiary/aromatic N) is 3. The quantitative estimate of drug-likeness (QED) is 0.501. The van der Waals surface area contributed by atoms with Crippen molar-refractivity contribution in [3.8, 4) is 16.9 Å². The molecule has 0 unspecified atom stereocenters. The second-order valence-corrected chi connectivity index (χ2v) is 7.00. The van der Waals surface area contributed by atoms with Gasteiger partial charge in [-0.15, -0.1) is 5.10 Å². The van der Waals surface area contributed by atoms with E-state index in [1.807, 2.05) is 37.3 Å². The van der Waals surface area contributed by atoms with Gasteiger partial charge >= 0.3 is 0 Å². The molecule has 0 saturated heterocycles. The summed E-state index contributed by atoms with van der Waals surface area (Å²) in [5, 5.41) is 11.1. The van der Waals surface area contributed by atoms with Crippen LogP contribution in [0.3, 0.4) is 0 Å². The van der Waals surface area contributed by atoms with Gasteiger partial charge in [-0.25, -0.2) is 9.07 Å². The van der Waals surface area contributed by atoms with E-state index in [0.29, 0.717) is 5.56 Å². The Bertz CT molecular complexity index is 1180. The number of nitrogens with one attached hydrogen (secondary N) is 1. The number of para-hydroxylation sites is 1. The lowest BCUT2D eigenvalue weighted by molar-refractivity contribution is 0.102. The van der Waals surface area contributed by atoms with Crippen LogP contribution in [0.25, 0.3) is 16.9 Å². The Morgan fingerprint density at radius 1 is 1.03 bits per heavy atom. The molecule has 0 aliphatic carbocycles. The molecule has 0 radical (unpaired) electrons. The van der Waals surface area contributed by atoms with E-state index in [2.05, 4.69) is 22.6 Å². The van der Waals surface area contributed by atoms with Crippen LogP contribution in [-0.2, 0) is 6.42 Å². The summed E-state index contributed by atoms with van der Waals surface area (Å²) >= 11 is 0. The van der Waals surface area contributed by atoms with Crippen LogP contribution in [0.15, 0.2) is 72.9 Å². The Morgan fingerprint density at radius 2 is 1.77 bits per heavy atom. The number of aryl methyl sites for hydroxylation is 2. The Morgan fingerprint density at radius 3 is 2.47 bits per heavy atom. The van der Waals surface area contributed by atoms with E-state index in [1.54, 1.807) is 35.1 Å². The molecule has 0 aliphatic heterocycles. The van der Waals surface area contributed by atoms with Gasteiger partial charge in [0.2, 0.25) is 0 Å². The first-order valence-corrected chi connectivity index (χ1v) is 9.73. The fourth-order valence-electron chi connectivity index (χ4n) is 3.38. The van der Waals surface area contributed by atoms with Crippen molar-refractivity contribution in [1.29, 1.82) is 0 Å². The maximum absolute atomic E-state index is 13.2. The monoisotopic (exact) mass is 400 g/mol. The Labute approximate surface area is 174 Å². The van der Waals surface area contributed by atoms with Crippen LogP contribution in [0.4, 0.5) is 10.1 Å². The van der Waals surface area contributed by atoms with Crippen molar-refractivity contribution in [2.24, 2.45) is 0 Å². The number of halogens is 1. The molecule has 150 valence electrons. The second-order valence-electron chi connectivity index (χ2n) is 7.00. The zero-order valence-corrected chi connectivity index (χ0v) is 16.8. The van der Waals surface area contributed by atoms with Gasteiger partial charge in [-0.3, -0.25) is 4.79 Å². The summed E-state index contributed by atoms with van der Waals surface area (Å²) in [5.74, 6) is -0.462. The summed E-state index contributed by atoms with van der Waals surface area (Å²) < 4.78 is 14.9. The minimum Gasteiger partial charge on any atom is -0.321 e. The van der Waals surface area contributed by atoms with E-state index in [1.165, 1.54) is 12.1 Å². The van der Waals surface area contributed by atoms with Gasteiger partial charge in [-0.2, -0.15) is 0 Å². The van der Waals surface area contributed by atoms with Crippen LogP contribution in [0.1, 0.15) is 28.4 Å². The highest BCUT2D eigenvalue weighted by Gasteiger charge is 2.13. The average molecular weight is 400 g/mol. The van der Waals surface area contributed by atoms with Gasteiger partial charge in [0, 0.05) is 16.8 Å². The number of amides is 1. The summed E-state index contributed by atoms with van der Waals surface area (Å²) in [4.78, 5) is 12.8. The van der Waals surface area contributed by atoms with Gasteiger partial charge in [0.15, 0.2) is 0 Å². The van der Waals surface area contributed by atoms with Gasteiger partial charge in [0.05, 0.1) is 17.6 Å². The molecule has 0 fully saturated rings. The van der Waals surface area contributed by atoms with Crippen molar-refractivity contribution in [1.82, 2.24) is 15.0 Å². The first kappa shape index (κ1) is 19.5. The third-order valence-electron chi connectivity index (χ3n) is 5.04. The minimum absolute atomic E-state index is 0.164. The molecule has 4 aromatic rings. The smallest absolute Gasteiger partial charge is 0.255 e. The largest absolute Gasteiger partial charge is 0.321 e. The standard InChI is InChI=1S/C24H21FN4O/c1-3-17-6-4-5-16(2)23(17)27-24(30)19-9-13-21(14-10-19)29-22(15-26-28-29)18-7-11-20(25)12-8-18/h4-15H,3H2,1-2H3,(H,27,30). The van der Waals surface area contributed by atoms with Crippen LogP contribution in [0, 0.1) is 12.7 Å². The molecule has 5 nitrogen and oxygen atoms in total. The van der Waals surface area contributed by atoms with Crippen molar-refractivity contribution in [2.45, 2.75) is 20.3 Å². The average Bonchev–Trinajstić information content (AvgIpc) is 3.25. The van der Waals surface area contributed by atoms with Crippen LogP contribution in [0.5, 0.6) is 0 Å². The number of hydrogen-bond donors (Lipinski definition) is 1. The van der Waals surface area contributed by atoms with E-state index in [9.17, 15) is 9.18 Å². The lowest BCUT2D eigenvalue weighted by Gasteiger charge is -2.13. The Balaban J connectivity index is 1.58. The lowest BCUT2D eigenvalue weighted by Crippen LogP contribution is -2.14. The number of carbonyl (C=O) groups is 1. The number of rotatable bonds is 5. The summed E-state index contributed by atoms with van der Waals surface area (Å²) in [5.41, 5.74) is 5.84. The van der Waals surface area contributed by atoms with E-state index in [0.717, 1.165) is 40.2 Å². The molecule has 4 rings (SSSR count). The van der Waals surface area contributed by atoms with Crippen molar-refractivity contribution in [2.75, 3.05) is 5.32 Å². The summed E-state index contributed by atoms with van der Waals surface area (Å²) in [6, 6.07) is 19.3. The number of aromatic nitrogens is 3. The van der Waals surface area contributed by atoms with Crippen molar-refractivity contribution >= 4 is 11.6 Å². The SMILES string of the molecule is CCc1cccc(C)c1NC(=O)c1ccc(-n2nncc2-c2ccc(F)cc2)cc1. The van der Waals surface area contributed by atoms with Crippen molar-refractivity contribution in [3.05, 3.63) is 95.4 Å². The predicted octanol–water partition coefficient (Wildman–Crippen LogP) is 5.20. The third kappa shape index (κ3) is 3.85. The molecule has 30 heavy (non-hydrogen) atoms. The zero-order valence-electron chi connectivity index (χ0n) is 16.8. The van der Waals surface area contributed by atoms with Gasteiger partial charge in [0.1, 0.15) is 5.82 Å². The molecule has 1 N–H and O–H groups in total. The Kier molecular flexibility index (Phi) is 5.39. The first-order valence-electron chi connectivity index (χ1n) is 9.73. The molecule has 1 aromatic heterocycles. The van der Waals surface area contributed by atoms with E-state index < -0.39 is 0 Å². The third-order valence-corrected chi connectivity index (χ3v) is 5.04. The lowest BCUT2D eigenvalue weighted by atomic mass is 10.1. The molecule has 6 heteroatoms. The van der Waals surface area contributed by atoms with E-state index in [-0.39, 0.29) is 11.7 Å². The second kappa shape index (κ2) is 8.29. The molecule has 1 amide bonds. The molecule has 0 aliphatic rings. The topological polar surface area (TPSA) is 59.8 Å². The van der Waals surface area contributed by atoms with Gasteiger partial charge in [0.25, 0.3) is 5.91 Å². The highest BCUT2D eigenvalue weighted by atomic mass is 19.1. The van der Waals surface area contributed by atoms with Crippen LogP contribution in [0.2, 0.25) is 0 Å². The molecule has 1 heterocycles. The molecule has 0 spiro atoms. The highest BCUT2D eigenvalue weighted by Crippen LogP contribution is 2.24. The van der Waals surface area contributed by atoms with Gasteiger partial charge in [-0.05, 0) is 73.0 Å². The Hall–Kier alpha value is -3.80. The normalized spacial score (nSPS) is 10.8. The summed E-state index contributed by atoms with van der Waals surface area (Å²) in [6.07, 6.45) is 2.47. The van der Waals surface area contributed by atoms with E-state index in [4.69, 9.17) is 0 Å². The maximum atomic E-state index is 13.2. The zero-order chi connectivity index (χ0) is 21.1. The molecule has 0 atom stereocenters. The van der Waals surface area contributed by atoms with Gasteiger partial charge < -0.3 is 5.32 Å². The fourth-order valence-corrected chi connectivity index (χ4v) is 3.38. The summed E-state index contributed by atoms with van der Waals surface area (Å²) in [7, 11) is 0. The van der Waals surface area contributed by atoms with Gasteiger partial charge in [-0.1, -0.05) is 30.3 Å². The molecular weight excluding hydrogens is 379 g/mol. The number of anilines is 1. The van der Waals surface area contributed by atoms with Crippen molar-refractivity contribution in [3.63, 3.8) is 0 Å². The highest BCUT2D eigenvalue weighted by molar-refractivity contribution is 6.05. The van der Waals surface area contributed by atoms with Crippen LogP contribution < -0.4 is 5.32 Å². The molecule has 0 saturated carbocycles. The number of hydrogen-bond acceptors (Lipinski definition) is 3.